The minimum atomic E-state index is -0.457. The lowest BCUT2D eigenvalue weighted by Crippen LogP contribution is -2.22. The lowest BCUT2D eigenvalue weighted by atomic mass is 10.2. The lowest BCUT2D eigenvalue weighted by Gasteiger charge is -2.17. The maximum atomic E-state index is 10.8. The van der Waals surface area contributed by atoms with Crippen LogP contribution >= 0.6 is 11.6 Å². The van der Waals surface area contributed by atoms with Crippen molar-refractivity contribution in [3.05, 3.63) is 17.3 Å². The third-order valence-corrected chi connectivity index (χ3v) is 0.797. The van der Waals surface area contributed by atoms with Crippen LogP contribution < -0.4 is 0 Å². The molecule has 2 nitrogen and oxygen atoms in total. The number of carbonyl (C=O) groups is 1. The zero-order valence-electron chi connectivity index (χ0n) is 6.85. The summed E-state index contributed by atoms with van der Waals surface area (Å²) in [7, 11) is 0. The SMILES string of the molecule is CC(C)(C)OC(=O)C=C=CCl. The Morgan fingerprint density at radius 2 is 2.09 bits per heavy atom. The maximum absolute atomic E-state index is 10.8. The van der Waals surface area contributed by atoms with Crippen molar-refractivity contribution in [3.8, 4) is 0 Å². The van der Waals surface area contributed by atoms with Crippen molar-refractivity contribution < 1.29 is 9.53 Å². The maximum Gasteiger partial charge on any atom is 0.339 e. The van der Waals surface area contributed by atoms with Gasteiger partial charge in [0.2, 0.25) is 0 Å². The van der Waals surface area contributed by atoms with Gasteiger partial charge in [0.05, 0.1) is 6.08 Å². The monoisotopic (exact) mass is 174 g/mol. The fourth-order valence-corrected chi connectivity index (χ4v) is 0.494. The third-order valence-electron chi connectivity index (χ3n) is 0.671. The van der Waals surface area contributed by atoms with Gasteiger partial charge in [0.1, 0.15) is 5.60 Å². The third kappa shape index (κ3) is 7.17. The van der Waals surface area contributed by atoms with Crippen molar-refractivity contribution >= 4 is 17.6 Å². The van der Waals surface area contributed by atoms with E-state index in [9.17, 15) is 4.79 Å². The summed E-state index contributed by atoms with van der Waals surface area (Å²) in [5.41, 5.74) is 3.08. The second kappa shape index (κ2) is 4.22. The largest absolute Gasteiger partial charge is 0.456 e. The molecule has 0 aliphatic carbocycles. The zero-order chi connectivity index (χ0) is 8.91. The summed E-state index contributed by atoms with van der Waals surface area (Å²) in [4.78, 5) is 10.8. The molecule has 0 aliphatic rings. The van der Waals surface area contributed by atoms with E-state index in [1.165, 1.54) is 0 Å². The molecule has 0 saturated heterocycles. The zero-order valence-corrected chi connectivity index (χ0v) is 7.61. The minimum absolute atomic E-state index is 0.436. The molecule has 0 radical (unpaired) electrons. The summed E-state index contributed by atoms with van der Waals surface area (Å²) >= 11 is 5.14. The predicted molar refractivity (Wildman–Crippen MR) is 44.4 cm³/mol. The number of ether oxygens (including phenoxy) is 1. The summed E-state index contributed by atoms with van der Waals surface area (Å²) in [5, 5.41) is 0. The van der Waals surface area contributed by atoms with Gasteiger partial charge < -0.3 is 4.74 Å². The molecule has 0 rings (SSSR count). The smallest absolute Gasteiger partial charge is 0.339 e. The molecular formula is C8H11ClO2. The Labute approximate surface area is 71.5 Å². The van der Waals surface area contributed by atoms with Crippen LogP contribution in [0.4, 0.5) is 0 Å². The molecule has 62 valence electrons. The van der Waals surface area contributed by atoms with E-state index in [-0.39, 0.29) is 0 Å². The molecule has 0 unspecified atom stereocenters. The molecule has 0 aliphatic heterocycles. The molecule has 0 aromatic rings. The molecule has 0 fully saturated rings. The predicted octanol–water partition coefficient (Wildman–Crippen LogP) is 2.24. The van der Waals surface area contributed by atoms with E-state index < -0.39 is 11.6 Å². The van der Waals surface area contributed by atoms with Crippen molar-refractivity contribution in [3.63, 3.8) is 0 Å². The van der Waals surface area contributed by atoms with Gasteiger partial charge in [0, 0.05) is 5.54 Å². The average molecular weight is 175 g/mol. The molecule has 11 heavy (non-hydrogen) atoms. The van der Waals surface area contributed by atoms with Gasteiger partial charge in [-0.1, -0.05) is 11.6 Å². The highest BCUT2D eigenvalue weighted by Crippen LogP contribution is 2.06. The van der Waals surface area contributed by atoms with Gasteiger partial charge in [-0.05, 0) is 20.8 Å². The van der Waals surface area contributed by atoms with E-state index in [0.29, 0.717) is 0 Å². The molecule has 0 amide bonds. The van der Waals surface area contributed by atoms with E-state index >= 15 is 0 Å². The van der Waals surface area contributed by atoms with Crippen molar-refractivity contribution in [2.24, 2.45) is 0 Å². The van der Waals surface area contributed by atoms with Gasteiger partial charge in [0.25, 0.3) is 0 Å². The van der Waals surface area contributed by atoms with E-state index in [0.717, 1.165) is 11.6 Å². The van der Waals surface area contributed by atoms with E-state index in [1.807, 2.05) is 0 Å². The first-order valence-corrected chi connectivity index (χ1v) is 3.63. The summed E-state index contributed by atoms with van der Waals surface area (Å²) in [6.07, 6.45) is 1.15. The van der Waals surface area contributed by atoms with Crippen LogP contribution in [0.25, 0.3) is 0 Å². The van der Waals surface area contributed by atoms with Crippen LogP contribution in [-0.4, -0.2) is 11.6 Å². The highest BCUT2D eigenvalue weighted by atomic mass is 35.5. The fraction of sp³-hybridized carbons (Fsp3) is 0.500. The summed E-state index contributed by atoms with van der Waals surface area (Å²) in [6, 6.07) is 0. The standard InChI is InChI=1S/C8H11ClO2/c1-8(2,3)11-7(10)5-4-6-9/h5-6H,1-3H3. The minimum Gasteiger partial charge on any atom is -0.456 e. The number of carbonyl (C=O) groups excluding carboxylic acids is 1. The molecular weight excluding hydrogens is 164 g/mol. The Morgan fingerprint density at radius 1 is 1.55 bits per heavy atom. The van der Waals surface area contributed by atoms with Crippen molar-refractivity contribution in [2.45, 2.75) is 26.4 Å². The Bertz CT molecular complexity index is 195. The van der Waals surface area contributed by atoms with Crippen molar-refractivity contribution in [1.29, 1.82) is 0 Å². The normalized spacial score (nSPS) is 9.82. The molecule has 0 N–H and O–H groups in total. The molecule has 0 bridgehead atoms. The summed E-state index contributed by atoms with van der Waals surface area (Å²) in [6.45, 7) is 5.38. The topological polar surface area (TPSA) is 26.3 Å². The number of esters is 1. The van der Waals surface area contributed by atoms with Gasteiger partial charge in [-0.3, -0.25) is 0 Å². The second-order valence-corrected chi connectivity index (χ2v) is 3.17. The van der Waals surface area contributed by atoms with Gasteiger partial charge in [-0.25, -0.2) is 4.79 Å². The van der Waals surface area contributed by atoms with Crippen LogP contribution in [0.5, 0.6) is 0 Å². The van der Waals surface area contributed by atoms with Crippen LogP contribution in [0.3, 0.4) is 0 Å². The molecule has 0 heterocycles. The quantitative estimate of drug-likeness (QED) is 0.346. The summed E-state index contributed by atoms with van der Waals surface area (Å²) in [5.74, 6) is -0.436. The van der Waals surface area contributed by atoms with Gasteiger partial charge in [0.15, 0.2) is 0 Å². The first-order valence-electron chi connectivity index (χ1n) is 3.20. The first kappa shape index (κ1) is 10.3. The Kier molecular flexibility index (Phi) is 3.94. The number of rotatable bonds is 1. The fourth-order valence-electron chi connectivity index (χ4n) is 0.431. The molecule has 0 atom stereocenters. The van der Waals surface area contributed by atoms with Gasteiger partial charge >= 0.3 is 5.97 Å². The average Bonchev–Trinajstić information content (AvgIpc) is 1.79. The Morgan fingerprint density at radius 3 is 2.45 bits per heavy atom. The first-order chi connectivity index (χ1) is 4.95. The molecule has 0 aromatic heterocycles. The number of hydrogen-bond donors (Lipinski definition) is 0. The van der Waals surface area contributed by atoms with E-state index in [4.69, 9.17) is 16.3 Å². The Balaban J connectivity index is 4.00. The number of hydrogen-bond acceptors (Lipinski definition) is 2. The van der Waals surface area contributed by atoms with Crippen LogP contribution in [0.1, 0.15) is 20.8 Å². The van der Waals surface area contributed by atoms with Crippen molar-refractivity contribution in [1.82, 2.24) is 0 Å². The Hall–Kier alpha value is -0.720. The van der Waals surface area contributed by atoms with Crippen LogP contribution in [-0.2, 0) is 9.53 Å². The highest BCUT2D eigenvalue weighted by molar-refractivity contribution is 6.25. The molecule has 3 heteroatoms. The van der Waals surface area contributed by atoms with Crippen molar-refractivity contribution in [2.75, 3.05) is 0 Å². The van der Waals surface area contributed by atoms with Crippen LogP contribution in [0, 0.1) is 0 Å². The highest BCUT2D eigenvalue weighted by Gasteiger charge is 2.13. The molecule has 0 aromatic carbocycles. The lowest BCUT2D eigenvalue weighted by molar-refractivity contribution is -0.148. The summed E-state index contributed by atoms with van der Waals surface area (Å²) < 4.78 is 4.90. The molecule has 0 saturated carbocycles. The van der Waals surface area contributed by atoms with Gasteiger partial charge in [-0.2, -0.15) is 0 Å². The van der Waals surface area contributed by atoms with Crippen LogP contribution in [0.15, 0.2) is 17.3 Å². The van der Waals surface area contributed by atoms with Crippen LogP contribution in [0.2, 0.25) is 0 Å². The number of halogens is 1. The second-order valence-electron chi connectivity index (χ2n) is 2.95. The van der Waals surface area contributed by atoms with E-state index in [2.05, 4.69) is 5.73 Å². The van der Waals surface area contributed by atoms with Gasteiger partial charge in [-0.15, -0.1) is 5.73 Å². The molecule has 0 spiro atoms. The van der Waals surface area contributed by atoms with E-state index in [1.54, 1.807) is 20.8 Å².